The first-order valence-electron chi connectivity index (χ1n) is 6.30. The summed E-state index contributed by atoms with van der Waals surface area (Å²) in [6.07, 6.45) is 3.16. The lowest BCUT2D eigenvalue weighted by Gasteiger charge is -2.20. The van der Waals surface area contributed by atoms with Crippen LogP contribution in [0.2, 0.25) is 0 Å². The van der Waals surface area contributed by atoms with Gasteiger partial charge >= 0.3 is 0 Å². The normalized spacial score (nSPS) is 26.1. The molecule has 2 rings (SSSR count). The summed E-state index contributed by atoms with van der Waals surface area (Å²) in [6.45, 7) is 2.13. The standard InChI is InChI=1S/C14H15BrN2O2/c1-10-4-5-14(7-10,9-16)8-11-2-3-12(15)6-13(11)17(18)19/h2-3,6,10H,4-5,7-8H2,1H3. The number of nitro groups is 1. The first kappa shape index (κ1) is 14.0. The molecule has 1 aromatic rings. The summed E-state index contributed by atoms with van der Waals surface area (Å²) < 4.78 is 0.689. The van der Waals surface area contributed by atoms with E-state index in [1.54, 1.807) is 12.1 Å². The van der Waals surface area contributed by atoms with Gasteiger partial charge in [0.1, 0.15) is 0 Å². The van der Waals surface area contributed by atoms with Crippen LogP contribution < -0.4 is 0 Å². The van der Waals surface area contributed by atoms with Crippen LogP contribution in [0.1, 0.15) is 31.7 Å². The third-order valence-corrected chi connectivity index (χ3v) is 4.36. The first-order valence-corrected chi connectivity index (χ1v) is 7.09. The second-order valence-corrected chi connectivity index (χ2v) is 6.36. The Morgan fingerprint density at radius 2 is 2.37 bits per heavy atom. The van der Waals surface area contributed by atoms with Gasteiger partial charge in [0.25, 0.3) is 5.69 Å². The molecule has 4 nitrogen and oxygen atoms in total. The topological polar surface area (TPSA) is 66.9 Å². The number of halogens is 1. The van der Waals surface area contributed by atoms with E-state index in [-0.39, 0.29) is 10.6 Å². The molecule has 0 spiro atoms. The molecule has 1 aromatic carbocycles. The Labute approximate surface area is 120 Å². The van der Waals surface area contributed by atoms with Crippen molar-refractivity contribution in [2.45, 2.75) is 32.6 Å². The smallest absolute Gasteiger partial charge is 0.258 e. The maximum atomic E-state index is 11.1. The minimum atomic E-state index is -0.433. The van der Waals surface area contributed by atoms with E-state index in [2.05, 4.69) is 28.9 Å². The Bertz CT molecular complexity index is 553. The predicted molar refractivity (Wildman–Crippen MR) is 75.6 cm³/mol. The predicted octanol–water partition coefficient (Wildman–Crippen LogP) is 4.23. The molecule has 1 fully saturated rings. The van der Waals surface area contributed by atoms with E-state index in [0.29, 0.717) is 22.4 Å². The van der Waals surface area contributed by atoms with Crippen LogP contribution >= 0.6 is 15.9 Å². The van der Waals surface area contributed by atoms with E-state index in [9.17, 15) is 15.4 Å². The Kier molecular flexibility index (Phi) is 3.91. The fourth-order valence-corrected chi connectivity index (χ4v) is 3.27. The summed E-state index contributed by atoms with van der Waals surface area (Å²) >= 11 is 3.25. The van der Waals surface area contributed by atoms with Crippen LogP contribution in [-0.2, 0) is 6.42 Å². The van der Waals surface area contributed by atoms with Crippen molar-refractivity contribution in [3.63, 3.8) is 0 Å². The maximum absolute atomic E-state index is 11.1. The van der Waals surface area contributed by atoms with Crippen LogP contribution in [0, 0.1) is 32.8 Å². The Balaban J connectivity index is 2.33. The van der Waals surface area contributed by atoms with Gasteiger partial charge in [0, 0.05) is 16.1 Å². The highest BCUT2D eigenvalue weighted by atomic mass is 79.9. The quantitative estimate of drug-likeness (QED) is 0.617. The number of benzene rings is 1. The van der Waals surface area contributed by atoms with Crippen molar-refractivity contribution < 1.29 is 4.92 Å². The SMILES string of the molecule is CC1CCC(C#N)(Cc2ccc(Br)cc2[N+](=O)[O-])C1. The fraction of sp³-hybridized carbons (Fsp3) is 0.500. The summed E-state index contributed by atoms with van der Waals surface area (Å²) in [7, 11) is 0. The summed E-state index contributed by atoms with van der Waals surface area (Å²) in [5.74, 6) is 0.522. The van der Waals surface area contributed by atoms with Gasteiger partial charge in [-0.05, 0) is 37.7 Å². The number of nitriles is 1. The Morgan fingerprint density at radius 1 is 1.63 bits per heavy atom. The molecule has 2 atom stereocenters. The molecule has 1 aliphatic carbocycles. The largest absolute Gasteiger partial charge is 0.273 e. The molecular weight excluding hydrogens is 308 g/mol. The van der Waals surface area contributed by atoms with Crippen LogP contribution in [-0.4, -0.2) is 4.92 Å². The Morgan fingerprint density at radius 3 is 2.89 bits per heavy atom. The highest BCUT2D eigenvalue weighted by Crippen LogP contribution is 2.44. The second kappa shape index (κ2) is 5.30. The summed E-state index contributed by atoms with van der Waals surface area (Å²) in [4.78, 5) is 10.7. The van der Waals surface area contributed by atoms with Gasteiger partial charge in [0.05, 0.1) is 16.4 Å². The molecule has 0 radical (unpaired) electrons. The van der Waals surface area contributed by atoms with Crippen molar-refractivity contribution in [2.24, 2.45) is 11.3 Å². The van der Waals surface area contributed by atoms with Gasteiger partial charge in [0.15, 0.2) is 0 Å². The minimum Gasteiger partial charge on any atom is -0.258 e. The summed E-state index contributed by atoms with van der Waals surface area (Å²) in [6, 6.07) is 7.47. The lowest BCUT2D eigenvalue weighted by Crippen LogP contribution is -2.18. The number of nitrogens with zero attached hydrogens (tertiary/aromatic N) is 2. The monoisotopic (exact) mass is 322 g/mol. The third-order valence-electron chi connectivity index (χ3n) is 3.86. The molecule has 5 heteroatoms. The molecule has 1 saturated carbocycles. The zero-order valence-corrected chi connectivity index (χ0v) is 12.3. The molecule has 2 unspecified atom stereocenters. The van der Waals surface area contributed by atoms with E-state index in [1.807, 2.05) is 0 Å². The van der Waals surface area contributed by atoms with Gasteiger partial charge in [-0.15, -0.1) is 0 Å². The molecule has 1 aliphatic rings. The van der Waals surface area contributed by atoms with Crippen LogP contribution in [0.5, 0.6) is 0 Å². The van der Waals surface area contributed by atoms with Crippen LogP contribution in [0.4, 0.5) is 5.69 Å². The van der Waals surface area contributed by atoms with Gasteiger partial charge in [0.2, 0.25) is 0 Å². The highest BCUT2D eigenvalue weighted by Gasteiger charge is 2.39. The molecule has 100 valence electrons. The van der Waals surface area contributed by atoms with Crippen molar-refractivity contribution in [3.8, 4) is 6.07 Å². The van der Waals surface area contributed by atoms with Crippen molar-refractivity contribution in [1.29, 1.82) is 5.26 Å². The third kappa shape index (κ3) is 2.95. The lowest BCUT2D eigenvalue weighted by molar-refractivity contribution is -0.385. The van der Waals surface area contributed by atoms with Crippen molar-refractivity contribution >= 4 is 21.6 Å². The van der Waals surface area contributed by atoms with E-state index >= 15 is 0 Å². The van der Waals surface area contributed by atoms with Crippen molar-refractivity contribution in [3.05, 3.63) is 38.3 Å². The number of nitro benzene ring substituents is 1. The molecule has 0 N–H and O–H groups in total. The van der Waals surface area contributed by atoms with Gasteiger partial charge in [-0.25, -0.2) is 0 Å². The van der Waals surface area contributed by atoms with Gasteiger partial charge < -0.3 is 0 Å². The van der Waals surface area contributed by atoms with Crippen LogP contribution in [0.15, 0.2) is 22.7 Å². The van der Waals surface area contributed by atoms with E-state index in [1.165, 1.54) is 6.07 Å². The molecule has 0 bridgehead atoms. The molecule has 0 amide bonds. The van der Waals surface area contributed by atoms with E-state index in [4.69, 9.17) is 0 Å². The lowest BCUT2D eigenvalue weighted by atomic mass is 9.80. The number of hydrogen-bond donors (Lipinski definition) is 0. The zero-order chi connectivity index (χ0) is 14.0. The number of rotatable bonds is 3. The van der Waals surface area contributed by atoms with E-state index in [0.717, 1.165) is 19.3 Å². The first-order chi connectivity index (χ1) is 8.96. The van der Waals surface area contributed by atoms with Crippen molar-refractivity contribution in [1.82, 2.24) is 0 Å². The highest BCUT2D eigenvalue weighted by molar-refractivity contribution is 9.10. The second-order valence-electron chi connectivity index (χ2n) is 5.45. The van der Waals surface area contributed by atoms with Crippen molar-refractivity contribution in [2.75, 3.05) is 0 Å². The fourth-order valence-electron chi connectivity index (χ4n) is 2.92. The molecular formula is C14H15BrN2O2. The summed E-state index contributed by atoms with van der Waals surface area (Å²) in [5, 5.41) is 20.6. The molecule has 0 aliphatic heterocycles. The molecule has 0 aromatic heterocycles. The van der Waals surface area contributed by atoms with E-state index < -0.39 is 5.41 Å². The van der Waals surface area contributed by atoms with Crippen LogP contribution in [0.25, 0.3) is 0 Å². The van der Waals surface area contributed by atoms with Gasteiger partial charge in [-0.3, -0.25) is 10.1 Å². The maximum Gasteiger partial charge on any atom is 0.273 e. The molecule has 0 heterocycles. The zero-order valence-electron chi connectivity index (χ0n) is 10.7. The summed E-state index contributed by atoms with van der Waals surface area (Å²) in [5.41, 5.74) is 0.324. The molecule has 0 saturated heterocycles. The van der Waals surface area contributed by atoms with Crippen LogP contribution in [0.3, 0.4) is 0 Å². The average Bonchev–Trinajstić information content (AvgIpc) is 2.73. The van der Waals surface area contributed by atoms with Gasteiger partial charge in [-0.1, -0.05) is 28.9 Å². The number of hydrogen-bond acceptors (Lipinski definition) is 3. The average molecular weight is 323 g/mol. The molecule has 19 heavy (non-hydrogen) atoms. The Hall–Kier alpha value is -1.41. The van der Waals surface area contributed by atoms with Gasteiger partial charge in [-0.2, -0.15) is 5.26 Å². The minimum absolute atomic E-state index is 0.101.